The van der Waals surface area contributed by atoms with Crippen molar-refractivity contribution in [3.8, 4) is 0 Å². The monoisotopic (exact) mass is 237 g/mol. The molecule has 0 heterocycles. The van der Waals surface area contributed by atoms with Crippen LogP contribution in [0.15, 0.2) is 0 Å². The molecule has 0 rings (SSSR count). The summed E-state index contributed by atoms with van der Waals surface area (Å²) in [6, 6.07) is 0. The fraction of sp³-hybridized carbons (Fsp3) is 1.00. The van der Waals surface area contributed by atoms with E-state index < -0.39 is 0 Å². The first-order chi connectivity index (χ1) is 6.50. The van der Waals surface area contributed by atoms with Crippen LogP contribution in [-0.4, -0.2) is 26.0 Å². The fourth-order valence-corrected chi connectivity index (χ4v) is 2.51. The van der Waals surface area contributed by atoms with Crippen molar-refractivity contribution >= 4 is 19.4 Å². The van der Waals surface area contributed by atoms with Gasteiger partial charge in [0.15, 0.2) is 0 Å². The molecule has 0 fully saturated rings. The third kappa shape index (κ3) is 7.05. The standard InChI is InChI=1S/C10H24NOPS/c1-9(2)10(3,4)8-12-13-14-7-6-11-5/h9,11,13H,6-8H2,1-5H3. The summed E-state index contributed by atoms with van der Waals surface area (Å²) in [5, 5.41) is 3.12. The predicted molar refractivity (Wildman–Crippen MR) is 69.3 cm³/mol. The Morgan fingerprint density at radius 1 is 1.43 bits per heavy atom. The zero-order valence-electron chi connectivity index (χ0n) is 10.0. The minimum Gasteiger partial charge on any atom is -0.351 e. The Bertz CT molecular complexity index is 142. The van der Waals surface area contributed by atoms with Gasteiger partial charge in [-0.15, -0.1) is 11.4 Å². The van der Waals surface area contributed by atoms with Gasteiger partial charge in [0.2, 0.25) is 0 Å². The van der Waals surface area contributed by atoms with Gasteiger partial charge in [-0.1, -0.05) is 27.7 Å². The first-order valence-corrected chi connectivity index (χ1v) is 7.75. The molecule has 4 heteroatoms. The molecule has 14 heavy (non-hydrogen) atoms. The molecule has 0 aromatic heterocycles. The SMILES string of the molecule is CNCCSPOCC(C)(C)C(C)C. The summed E-state index contributed by atoms with van der Waals surface area (Å²) >= 11 is 1.87. The molecule has 0 radical (unpaired) electrons. The minimum absolute atomic E-state index is 0.302. The summed E-state index contributed by atoms with van der Waals surface area (Å²) in [7, 11) is 2.56. The third-order valence-electron chi connectivity index (χ3n) is 2.58. The molecule has 0 amide bonds. The molecule has 2 nitrogen and oxygen atoms in total. The van der Waals surface area contributed by atoms with Crippen molar-refractivity contribution in [3.63, 3.8) is 0 Å². The van der Waals surface area contributed by atoms with Crippen molar-refractivity contribution in [2.75, 3.05) is 26.0 Å². The van der Waals surface area contributed by atoms with Gasteiger partial charge in [0.05, 0.1) is 14.6 Å². The maximum absolute atomic E-state index is 5.67. The lowest BCUT2D eigenvalue weighted by atomic mass is 9.82. The fourth-order valence-electron chi connectivity index (χ4n) is 0.619. The minimum atomic E-state index is 0.302. The quantitative estimate of drug-likeness (QED) is 0.517. The Kier molecular flexibility index (Phi) is 8.32. The average molecular weight is 237 g/mol. The summed E-state index contributed by atoms with van der Waals surface area (Å²) in [6.07, 6.45) is 0. The Morgan fingerprint density at radius 3 is 2.57 bits per heavy atom. The number of rotatable bonds is 8. The molecule has 1 atom stereocenters. The van der Waals surface area contributed by atoms with E-state index in [0.29, 0.717) is 19.3 Å². The van der Waals surface area contributed by atoms with E-state index in [1.54, 1.807) is 0 Å². The van der Waals surface area contributed by atoms with Crippen molar-refractivity contribution in [2.24, 2.45) is 11.3 Å². The molecule has 0 bridgehead atoms. The zero-order valence-corrected chi connectivity index (χ0v) is 11.8. The first-order valence-electron chi connectivity index (χ1n) is 5.14. The second-order valence-corrected chi connectivity index (χ2v) is 6.99. The molecule has 0 aromatic rings. The van der Waals surface area contributed by atoms with Crippen LogP contribution in [0.25, 0.3) is 0 Å². The van der Waals surface area contributed by atoms with Gasteiger partial charge in [0.25, 0.3) is 0 Å². The van der Waals surface area contributed by atoms with Crippen LogP contribution in [0.3, 0.4) is 0 Å². The molecule has 0 saturated carbocycles. The van der Waals surface area contributed by atoms with E-state index in [4.69, 9.17) is 4.52 Å². The van der Waals surface area contributed by atoms with Gasteiger partial charge < -0.3 is 9.84 Å². The molecule has 1 N–H and O–H groups in total. The highest BCUT2D eigenvalue weighted by molar-refractivity contribution is 8.48. The number of nitrogens with one attached hydrogen (secondary N) is 1. The molecule has 0 aromatic carbocycles. The highest BCUT2D eigenvalue weighted by Gasteiger charge is 2.22. The van der Waals surface area contributed by atoms with E-state index in [2.05, 4.69) is 33.0 Å². The largest absolute Gasteiger partial charge is 0.351 e. The van der Waals surface area contributed by atoms with E-state index in [0.717, 1.165) is 18.9 Å². The summed E-state index contributed by atoms with van der Waals surface area (Å²) < 4.78 is 5.67. The maximum Gasteiger partial charge on any atom is 0.0745 e. The number of hydrogen-bond donors (Lipinski definition) is 1. The highest BCUT2D eigenvalue weighted by Crippen LogP contribution is 2.34. The molecule has 0 saturated heterocycles. The van der Waals surface area contributed by atoms with E-state index in [9.17, 15) is 0 Å². The van der Waals surface area contributed by atoms with Crippen molar-refractivity contribution in [1.82, 2.24) is 5.32 Å². The molecule has 0 aliphatic heterocycles. The summed E-state index contributed by atoms with van der Waals surface area (Å²) in [6.45, 7) is 11.0. The topological polar surface area (TPSA) is 21.3 Å². The van der Waals surface area contributed by atoms with Crippen molar-refractivity contribution in [1.29, 1.82) is 0 Å². The predicted octanol–water partition coefficient (Wildman–Crippen LogP) is 3.15. The van der Waals surface area contributed by atoms with Gasteiger partial charge in [-0.3, -0.25) is 0 Å². The summed E-state index contributed by atoms with van der Waals surface area (Å²) in [5.41, 5.74) is 0.302. The molecular formula is C10H24NOPS. The van der Waals surface area contributed by atoms with Gasteiger partial charge in [0, 0.05) is 12.3 Å². The van der Waals surface area contributed by atoms with E-state index in [1.807, 2.05) is 18.4 Å². The van der Waals surface area contributed by atoms with Crippen molar-refractivity contribution < 1.29 is 4.52 Å². The highest BCUT2D eigenvalue weighted by atomic mass is 32.7. The normalized spacial score (nSPS) is 13.3. The molecule has 0 spiro atoms. The maximum atomic E-state index is 5.67. The molecule has 0 aliphatic rings. The lowest BCUT2D eigenvalue weighted by molar-refractivity contribution is 0.146. The smallest absolute Gasteiger partial charge is 0.0745 e. The van der Waals surface area contributed by atoms with Gasteiger partial charge in [-0.05, 0) is 18.4 Å². The van der Waals surface area contributed by atoms with Crippen LogP contribution in [-0.2, 0) is 4.52 Å². The van der Waals surface area contributed by atoms with Crippen molar-refractivity contribution in [3.05, 3.63) is 0 Å². The third-order valence-corrected chi connectivity index (χ3v) is 4.69. The average Bonchev–Trinajstić information content (AvgIpc) is 2.10. The van der Waals surface area contributed by atoms with Crippen LogP contribution in [0.5, 0.6) is 0 Å². The van der Waals surface area contributed by atoms with Crippen LogP contribution in [0.1, 0.15) is 27.7 Å². The summed E-state index contributed by atoms with van der Waals surface area (Å²) in [5.74, 6) is 1.81. The Labute approximate surface area is 94.6 Å². The van der Waals surface area contributed by atoms with Crippen LogP contribution < -0.4 is 5.32 Å². The second-order valence-electron chi connectivity index (χ2n) is 4.47. The Morgan fingerprint density at radius 2 is 2.07 bits per heavy atom. The molecule has 0 aliphatic carbocycles. The lowest BCUT2D eigenvalue weighted by Gasteiger charge is -2.28. The molecule has 86 valence electrons. The van der Waals surface area contributed by atoms with E-state index >= 15 is 0 Å². The van der Waals surface area contributed by atoms with E-state index in [1.165, 1.54) is 0 Å². The van der Waals surface area contributed by atoms with Gasteiger partial charge in [0.1, 0.15) is 0 Å². The van der Waals surface area contributed by atoms with Crippen LogP contribution >= 0.6 is 19.4 Å². The first kappa shape index (κ1) is 14.7. The van der Waals surface area contributed by atoms with Crippen LogP contribution in [0.2, 0.25) is 0 Å². The Balaban J connectivity index is 3.35. The van der Waals surface area contributed by atoms with Crippen molar-refractivity contribution in [2.45, 2.75) is 27.7 Å². The van der Waals surface area contributed by atoms with Gasteiger partial charge in [-0.25, -0.2) is 0 Å². The van der Waals surface area contributed by atoms with E-state index in [-0.39, 0.29) is 0 Å². The summed E-state index contributed by atoms with van der Waals surface area (Å²) in [4.78, 5) is 0. The Hall–Kier alpha value is 0.700. The number of hydrogen-bond acceptors (Lipinski definition) is 3. The molecular weight excluding hydrogens is 213 g/mol. The van der Waals surface area contributed by atoms with Gasteiger partial charge >= 0.3 is 0 Å². The van der Waals surface area contributed by atoms with Crippen LogP contribution in [0, 0.1) is 11.3 Å². The lowest BCUT2D eigenvalue weighted by Crippen LogP contribution is -2.23. The molecule has 1 unspecified atom stereocenters. The zero-order chi connectivity index (χ0) is 11.0. The second kappa shape index (κ2) is 7.92. The van der Waals surface area contributed by atoms with Crippen LogP contribution in [0.4, 0.5) is 0 Å². The van der Waals surface area contributed by atoms with Gasteiger partial charge in [-0.2, -0.15) is 0 Å².